The lowest BCUT2D eigenvalue weighted by Gasteiger charge is -2.23. The van der Waals surface area contributed by atoms with Crippen LogP contribution in [0, 0.1) is 6.92 Å². The molecule has 5 heteroatoms. The summed E-state index contributed by atoms with van der Waals surface area (Å²) in [5.41, 5.74) is 2.30. The third-order valence-corrected chi connectivity index (χ3v) is 3.67. The van der Waals surface area contributed by atoms with Gasteiger partial charge in [0.2, 0.25) is 0 Å². The summed E-state index contributed by atoms with van der Waals surface area (Å²) in [5.74, 6) is 0.296. The molecule has 0 saturated heterocycles. The quantitative estimate of drug-likeness (QED) is 0.568. The number of halogens is 1. The molecule has 23 heavy (non-hydrogen) atoms. The van der Waals surface area contributed by atoms with E-state index in [0.29, 0.717) is 17.3 Å². The van der Waals surface area contributed by atoms with E-state index in [1.54, 1.807) is 24.3 Å². The van der Waals surface area contributed by atoms with E-state index >= 15 is 0 Å². The molecule has 0 unspecified atom stereocenters. The number of carbonyl (C=O) groups excluding carboxylic acids is 1. The third-order valence-electron chi connectivity index (χ3n) is 3.36. The molecule has 0 spiro atoms. The van der Waals surface area contributed by atoms with Crippen LogP contribution in [0.2, 0.25) is 5.02 Å². The van der Waals surface area contributed by atoms with Gasteiger partial charge in [-0.1, -0.05) is 35.9 Å². The van der Waals surface area contributed by atoms with Crippen molar-refractivity contribution >= 4 is 23.4 Å². The van der Waals surface area contributed by atoms with Gasteiger partial charge in [0.25, 0.3) is 0 Å². The first-order chi connectivity index (χ1) is 11.1. The minimum Gasteiger partial charge on any atom is -0.432 e. The number of anilines is 1. The molecular weight excluding hydrogens is 314 g/mol. The number of benzene rings is 2. The van der Waals surface area contributed by atoms with Crippen molar-refractivity contribution in [2.45, 2.75) is 13.8 Å². The van der Waals surface area contributed by atoms with E-state index in [-0.39, 0.29) is 6.61 Å². The van der Waals surface area contributed by atoms with Gasteiger partial charge in [0.05, 0.1) is 11.6 Å². The lowest BCUT2D eigenvalue weighted by atomic mass is 10.2. The van der Waals surface area contributed by atoms with Crippen LogP contribution in [-0.4, -0.2) is 25.9 Å². The minimum atomic E-state index is -0.751. The van der Waals surface area contributed by atoms with Crippen molar-refractivity contribution < 1.29 is 14.3 Å². The molecule has 0 radical (unpaired) electrons. The largest absolute Gasteiger partial charge is 0.513 e. The predicted molar refractivity (Wildman–Crippen MR) is 92.5 cm³/mol. The van der Waals surface area contributed by atoms with E-state index in [2.05, 4.69) is 30.9 Å². The summed E-state index contributed by atoms with van der Waals surface area (Å²) in [5, 5.41) is 0.374. The Balaban J connectivity index is 1.83. The van der Waals surface area contributed by atoms with Crippen LogP contribution in [0.1, 0.15) is 12.5 Å². The smallest absolute Gasteiger partial charge is 0.432 e. The Bertz CT molecular complexity index is 660. The van der Waals surface area contributed by atoms with Crippen LogP contribution in [0.25, 0.3) is 0 Å². The van der Waals surface area contributed by atoms with E-state index in [9.17, 15) is 4.79 Å². The Kier molecular flexibility index (Phi) is 6.29. The van der Waals surface area contributed by atoms with E-state index in [1.807, 2.05) is 12.1 Å². The number of carbonyl (C=O) groups is 1. The zero-order chi connectivity index (χ0) is 16.7. The van der Waals surface area contributed by atoms with E-state index < -0.39 is 6.16 Å². The monoisotopic (exact) mass is 333 g/mol. The van der Waals surface area contributed by atoms with Crippen molar-refractivity contribution in [2.75, 3.05) is 24.6 Å². The molecule has 2 rings (SSSR count). The average Bonchev–Trinajstić information content (AvgIpc) is 2.54. The molecular formula is C18H20ClNO3. The molecule has 0 amide bonds. The van der Waals surface area contributed by atoms with Gasteiger partial charge >= 0.3 is 6.16 Å². The molecule has 2 aromatic carbocycles. The molecule has 0 bridgehead atoms. The molecule has 0 aliphatic heterocycles. The van der Waals surface area contributed by atoms with Crippen molar-refractivity contribution in [3.8, 4) is 5.75 Å². The molecule has 0 fully saturated rings. The first-order valence-electron chi connectivity index (χ1n) is 7.51. The van der Waals surface area contributed by atoms with Crippen LogP contribution in [0.5, 0.6) is 5.75 Å². The summed E-state index contributed by atoms with van der Waals surface area (Å²) in [7, 11) is 0. The molecule has 0 heterocycles. The highest BCUT2D eigenvalue weighted by Gasteiger charge is 2.10. The standard InChI is InChI=1S/C18H20ClNO3/c1-3-20(15-8-6-7-14(2)13-15)11-12-22-18(21)23-17-10-5-4-9-16(17)19/h4-10,13H,3,11-12H2,1-2H3. The van der Waals surface area contributed by atoms with Crippen LogP contribution in [0.4, 0.5) is 10.5 Å². The molecule has 0 aliphatic carbocycles. The van der Waals surface area contributed by atoms with Crippen LogP contribution in [0.15, 0.2) is 48.5 Å². The molecule has 0 aromatic heterocycles. The molecule has 122 valence electrons. The van der Waals surface area contributed by atoms with Crippen LogP contribution < -0.4 is 9.64 Å². The van der Waals surface area contributed by atoms with Crippen molar-refractivity contribution in [3.63, 3.8) is 0 Å². The zero-order valence-corrected chi connectivity index (χ0v) is 14.0. The maximum absolute atomic E-state index is 11.7. The van der Waals surface area contributed by atoms with Crippen LogP contribution in [-0.2, 0) is 4.74 Å². The SMILES string of the molecule is CCN(CCOC(=O)Oc1ccccc1Cl)c1cccc(C)c1. The molecule has 2 aromatic rings. The summed E-state index contributed by atoms with van der Waals surface area (Å²) < 4.78 is 10.2. The molecule has 0 N–H and O–H groups in total. The highest BCUT2D eigenvalue weighted by atomic mass is 35.5. The van der Waals surface area contributed by atoms with Crippen molar-refractivity contribution in [2.24, 2.45) is 0 Å². The average molecular weight is 334 g/mol. The van der Waals surface area contributed by atoms with E-state index in [0.717, 1.165) is 12.2 Å². The third kappa shape index (κ3) is 5.18. The van der Waals surface area contributed by atoms with Gasteiger partial charge in [0.15, 0.2) is 5.75 Å². The fraction of sp³-hybridized carbons (Fsp3) is 0.278. The second-order valence-corrected chi connectivity index (χ2v) is 5.46. The first-order valence-corrected chi connectivity index (χ1v) is 7.88. The van der Waals surface area contributed by atoms with E-state index in [4.69, 9.17) is 21.1 Å². The van der Waals surface area contributed by atoms with Crippen molar-refractivity contribution in [1.29, 1.82) is 0 Å². The predicted octanol–water partition coefficient (Wildman–Crippen LogP) is 4.69. The second kappa shape index (κ2) is 8.44. The Morgan fingerprint density at radius 1 is 1.17 bits per heavy atom. The van der Waals surface area contributed by atoms with Crippen LogP contribution >= 0.6 is 11.6 Å². The summed E-state index contributed by atoms with van der Waals surface area (Å²) in [6.45, 7) is 5.77. The maximum atomic E-state index is 11.7. The first kappa shape index (κ1) is 17.2. The van der Waals surface area contributed by atoms with Crippen LogP contribution in [0.3, 0.4) is 0 Å². The van der Waals surface area contributed by atoms with Gasteiger partial charge in [0, 0.05) is 12.2 Å². The Hall–Kier alpha value is -2.20. The van der Waals surface area contributed by atoms with Crippen molar-refractivity contribution in [3.05, 3.63) is 59.1 Å². The number of aryl methyl sites for hydroxylation is 1. The molecule has 0 aliphatic rings. The lowest BCUT2D eigenvalue weighted by molar-refractivity contribution is 0.101. The normalized spacial score (nSPS) is 10.2. The number of para-hydroxylation sites is 1. The van der Waals surface area contributed by atoms with Gasteiger partial charge in [-0.2, -0.15) is 0 Å². The number of likely N-dealkylation sites (N-methyl/N-ethyl adjacent to an activating group) is 1. The Morgan fingerprint density at radius 3 is 2.65 bits per heavy atom. The molecule has 0 saturated carbocycles. The fourth-order valence-corrected chi connectivity index (χ4v) is 2.35. The lowest BCUT2D eigenvalue weighted by Crippen LogP contribution is -2.28. The zero-order valence-electron chi connectivity index (χ0n) is 13.3. The summed E-state index contributed by atoms with van der Waals surface area (Å²) in [6, 6.07) is 15.0. The number of nitrogens with zero attached hydrogens (tertiary/aromatic N) is 1. The summed E-state index contributed by atoms with van der Waals surface area (Å²) in [4.78, 5) is 13.8. The maximum Gasteiger partial charge on any atom is 0.513 e. The number of hydrogen-bond acceptors (Lipinski definition) is 4. The molecule has 0 atom stereocenters. The number of ether oxygens (including phenoxy) is 2. The minimum absolute atomic E-state index is 0.241. The van der Waals surface area contributed by atoms with Gasteiger partial charge in [0.1, 0.15) is 6.61 Å². The second-order valence-electron chi connectivity index (χ2n) is 5.05. The summed E-state index contributed by atoms with van der Waals surface area (Å²) >= 11 is 5.93. The van der Waals surface area contributed by atoms with Gasteiger partial charge < -0.3 is 14.4 Å². The van der Waals surface area contributed by atoms with Gasteiger partial charge in [-0.3, -0.25) is 0 Å². The highest BCUT2D eigenvalue weighted by molar-refractivity contribution is 6.32. The van der Waals surface area contributed by atoms with Gasteiger partial charge in [-0.25, -0.2) is 4.79 Å². The number of hydrogen-bond donors (Lipinski definition) is 0. The summed E-state index contributed by atoms with van der Waals surface area (Å²) in [6.07, 6.45) is -0.751. The fourth-order valence-electron chi connectivity index (χ4n) is 2.18. The topological polar surface area (TPSA) is 38.8 Å². The molecule has 4 nitrogen and oxygen atoms in total. The van der Waals surface area contributed by atoms with Crippen molar-refractivity contribution in [1.82, 2.24) is 0 Å². The highest BCUT2D eigenvalue weighted by Crippen LogP contribution is 2.23. The Labute approximate surface area is 141 Å². The Morgan fingerprint density at radius 2 is 1.96 bits per heavy atom. The van der Waals surface area contributed by atoms with Gasteiger partial charge in [-0.15, -0.1) is 0 Å². The van der Waals surface area contributed by atoms with E-state index in [1.165, 1.54) is 5.56 Å². The van der Waals surface area contributed by atoms with Gasteiger partial charge in [-0.05, 0) is 43.7 Å². The number of rotatable bonds is 6.